The molecule has 1 aromatic rings. The van der Waals surface area contributed by atoms with Crippen molar-refractivity contribution in [2.45, 2.75) is 33.6 Å². The van der Waals surface area contributed by atoms with Gasteiger partial charge in [0.2, 0.25) is 5.91 Å². The molecule has 0 atom stereocenters. The standard InChI is InChI=1S/C13H19NO/c1-4-11-5-7-12(8-6-11)14-13(15)9-10(2)3/h5-8,10H,4,9H2,1-3H3,(H,14,15). The summed E-state index contributed by atoms with van der Waals surface area (Å²) in [6, 6.07) is 8.00. The number of hydrogen-bond donors (Lipinski definition) is 1. The van der Waals surface area contributed by atoms with Gasteiger partial charge in [-0.3, -0.25) is 4.79 Å². The highest BCUT2D eigenvalue weighted by molar-refractivity contribution is 5.90. The third kappa shape index (κ3) is 4.15. The van der Waals surface area contributed by atoms with E-state index in [1.165, 1.54) is 5.56 Å². The van der Waals surface area contributed by atoms with E-state index in [4.69, 9.17) is 0 Å². The average Bonchev–Trinajstić information content (AvgIpc) is 2.17. The Labute approximate surface area is 91.7 Å². The maximum absolute atomic E-state index is 11.5. The van der Waals surface area contributed by atoms with Crippen molar-refractivity contribution in [1.29, 1.82) is 0 Å². The summed E-state index contributed by atoms with van der Waals surface area (Å²) in [5.74, 6) is 0.495. The van der Waals surface area contributed by atoms with Crippen LogP contribution < -0.4 is 5.32 Å². The first-order valence-corrected chi connectivity index (χ1v) is 5.50. The van der Waals surface area contributed by atoms with Crippen molar-refractivity contribution in [3.8, 4) is 0 Å². The number of carbonyl (C=O) groups excluding carboxylic acids is 1. The summed E-state index contributed by atoms with van der Waals surface area (Å²) >= 11 is 0. The van der Waals surface area contributed by atoms with E-state index >= 15 is 0 Å². The van der Waals surface area contributed by atoms with Crippen molar-refractivity contribution in [3.05, 3.63) is 29.8 Å². The molecule has 82 valence electrons. The Morgan fingerprint density at radius 3 is 2.33 bits per heavy atom. The number of amides is 1. The smallest absolute Gasteiger partial charge is 0.224 e. The van der Waals surface area contributed by atoms with Crippen LogP contribution in [0.25, 0.3) is 0 Å². The summed E-state index contributed by atoms with van der Waals surface area (Å²) in [4.78, 5) is 11.5. The third-order valence-corrected chi connectivity index (χ3v) is 2.24. The Morgan fingerprint density at radius 2 is 1.87 bits per heavy atom. The predicted molar refractivity (Wildman–Crippen MR) is 63.9 cm³/mol. The molecule has 0 aliphatic heterocycles. The van der Waals surface area contributed by atoms with E-state index in [1.54, 1.807) is 0 Å². The van der Waals surface area contributed by atoms with Crippen LogP contribution in [0.4, 0.5) is 5.69 Å². The maximum Gasteiger partial charge on any atom is 0.224 e. The Bertz CT molecular complexity index is 314. The number of carbonyl (C=O) groups is 1. The molecule has 0 unspecified atom stereocenters. The molecule has 0 saturated carbocycles. The van der Waals surface area contributed by atoms with Gasteiger partial charge in [-0.25, -0.2) is 0 Å². The SMILES string of the molecule is CCc1ccc(NC(=O)CC(C)C)cc1. The molecule has 0 heterocycles. The summed E-state index contributed by atoms with van der Waals surface area (Å²) in [6.07, 6.45) is 1.61. The molecule has 0 aromatic heterocycles. The number of hydrogen-bond acceptors (Lipinski definition) is 1. The van der Waals surface area contributed by atoms with Gasteiger partial charge in [0, 0.05) is 12.1 Å². The highest BCUT2D eigenvalue weighted by Crippen LogP contribution is 2.11. The fraction of sp³-hybridized carbons (Fsp3) is 0.462. The van der Waals surface area contributed by atoms with Crippen LogP contribution >= 0.6 is 0 Å². The molecule has 1 amide bonds. The van der Waals surface area contributed by atoms with Gasteiger partial charge in [-0.2, -0.15) is 0 Å². The number of anilines is 1. The van der Waals surface area contributed by atoms with Crippen LogP contribution in [0, 0.1) is 5.92 Å². The third-order valence-electron chi connectivity index (χ3n) is 2.24. The molecule has 2 nitrogen and oxygen atoms in total. The first kappa shape index (κ1) is 11.8. The van der Waals surface area contributed by atoms with Gasteiger partial charge in [-0.15, -0.1) is 0 Å². The first-order chi connectivity index (χ1) is 7.11. The number of aryl methyl sites for hydroxylation is 1. The van der Waals surface area contributed by atoms with E-state index in [-0.39, 0.29) is 5.91 Å². The summed E-state index contributed by atoms with van der Waals surface area (Å²) in [7, 11) is 0. The lowest BCUT2D eigenvalue weighted by atomic mass is 10.1. The molecule has 0 spiro atoms. The van der Waals surface area contributed by atoms with E-state index in [1.807, 2.05) is 38.1 Å². The minimum absolute atomic E-state index is 0.0919. The van der Waals surface area contributed by atoms with Gasteiger partial charge in [0.05, 0.1) is 0 Å². The molecule has 15 heavy (non-hydrogen) atoms. The number of benzene rings is 1. The van der Waals surface area contributed by atoms with E-state index in [9.17, 15) is 4.79 Å². The molecule has 0 saturated heterocycles. The Hall–Kier alpha value is -1.31. The Morgan fingerprint density at radius 1 is 1.27 bits per heavy atom. The normalized spacial score (nSPS) is 10.4. The minimum Gasteiger partial charge on any atom is -0.326 e. The van der Waals surface area contributed by atoms with Gasteiger partial charge in [-0.05, 0) is 30.0 Å². The van der Waals surface area contributed by atoms with Crippen molar-refractivity contribution in [2.24, 2.45) is 5.92 Å². The van der Waals surface area contributed by atoms with Crippen LogP contribution in [-0.2, 0) is 11.2 Å². The van der Waals surface area contributed by atoms with Crippen LogP contribution in [0.2, 0.25) is 0 Å². The molecule has 0 aliphatic rings. The molecular formula is C13H19NO. The molecule has 0 bridgehead atoms. The molecule has 0 fully saturated rings. The second kappa shape index (κ2) is 5.54. The molecule has 0 radical (unpaired) electrons. The van der Waals surface area contributed by atoms with Crippen molar-refractivity contribution in [2.75, 3.05) is 5.32 Å². The zero-order valence-corrected chi connectivity index (χ0v) is 9.71. The fourth-order valence-corrected chi connectivity index (χ4v) is 1.41. The molecule has 1 rings (SSSR count). The van der Waals surface area contributed by atoms with E-state index in [0.717, 1.165) is 12.1 Å². The van der Waals surface area contributed by atoms with Crippen molar-refractivity contribution in [3.63, 3.8) is 0 Å². The zero-order valence-electron chi connectivity index (χ0n) is 9.71. The highest BCUT2D eigenvalue weighted by atomic mass is 16.1. The van der Waals surface area contributed by atoms with Gasteiger partial charge in [0.1, 0.15) is 0 Å². The molecule has 1 aromatic carbocycles. The van der Waals surface area contributed by atoms with E-state index in [0.29, 0.717) is 12.3 Å². The lowest BCUT2D eigenvalue weighted by Crippen LogP contribution is -2.13. The topological polar surface area (TPSA) is 29.1 Å². The van der Waals surface area contributed by atoms with Gasteiger partial charge < -0.3 is 5.32 Å². The summed E-state index contributed by atoms with van der Waals surface area (Å²) < 4.78 is 0. The number of nitrogens with one attached hydrogen (secondary N) is 1. The Kier molecular flexibility index (Phi) is 4.35. The lowest BCUT2D eigenvalue weighted by Gasteiger charge is -2.07. The second-order valence-electron chi connectivity index (χ2n) is 4.20. The van der Waals surface area contributed by atoms with Gasteiger partial charge in [-0.1, -0.05) is 32.9 Å². The van der Waals surface area contributed by atoms with Crippen LogP contribution in [0.5, 0.6) is 0 Å². The van der Waals surface area contributed by atoms with Crippen LogP contribution in [0.15, 0.2) is 24.3 Å². The highest BCUT2D eigenvalue weighted by Gasteiger charge is 2.04. The molecule has 0 aliphatic carbocycles. The van der Waals surface area contributed by atoms with Crippen LogP contribution in [0.3, 0.4) is 0 Å². The quantitative estimate of drug-likeness (QED) is 0.803. The van der Waals surface area contributed by atoms with E-state index in [2.05, 4.69) is 12.2 Å². The predicted octanol–water partition coefficient (Wildman–Crippen LogP) is 3.23. The Balaban J connectivity index is 2.53. The summed E-state index contributed by atoms with van der Waals surface area (Å²) in [5.41, 5.74) is 2.18. The van der Waals surface area contributed by atoms with Crippen molar-refractivity contribution in [1.82, 2.24) is 0 Å². The number of rotatable bonds is 4. The first-order valence-electron chi connectivity index (χ1n) is 5.50. The lowest BCUT2D eigenvalue weighted by molar-refractivity contribution is -0.116. The maximum atomic E-state index is 11.5. The van der Waals surface area contributed by atoms with Crippen LogP contribution in [0.1, 0.15) is 32.8 Å². The summed E-state index contributed by atoms with van der Waals surface area (Å²) in [6.45, 7) is 6.20. The minimum atomic E-state index is 0.0919. The molecule has 1 N–H and O–H groups in total. The zero-order chi connectivity index (χ0) is 11.3. The molecule has 2 heteroatoms. The van der Waals surface area contributed by atoms with Crippen molar-refractivity contribution < 1.29 is 4.79 Å². The second-order valence-corrected chi connectivity index (χ2v) is 4.20. The van der Waals surface area contributed by atoms with E-state index < -0.39 is 0 Å². The fourth-order valence-electron chi connectivity index (χ4n) is 1.41. The summed E-state index contributed by atoms with van der Waals surface area (Å²) in [5, 5.41) is 2.89. The van der Waals surface area contributed by atoms with Gasteiger partial charge in [0.15, 0.2) is 0 Å². The van der Waals surface area contributed by atoms with Gasteiger partial charge in [0.25, 0.3) is 0 Å². The molecular weight excluding hydrogens is 186 g/mol. The van der Waals surface area contributed by atoms with Gasteiger partial charge >= 0.3 is 0 Å². The van der Waals surface area contributed by atoms with Crippen molar-refractivity contribution >= 4 is 11.6 Å². The van der Waals surface area contributed by atoms with Crippen LogP contribution in [-0.4, -0.2) is 5.91 Å². The largest absolute Gasteiger partial charge is 0.326 e. The monoisotopic (exact) mass is 205 g/mol. The average molecular weight is 205 g/mol.